The first-order chi connectivity index (χ1) is 44.4. The summed E-state index contributed by atoms with van der Waals surface area (Å²) >= 11 is 0. The van der Waals surface area contributed by atoms with Crippen molar-refractivity contribution in [3.63, 3.8) is 0 Å². The Hall–Kier alpha value is -1.94. The number of aliphatic hydroxyl groups excluding tert-OH is 1. The molecule has 0 amide bonds. The summed E-state index contributed by atoms with van der Waals surface area (Å²) in [7, 11) is -9.90. The van der Waals surface area contributed by atoms with E-state index >= 15 is 0 Å². The molecule has 0 aromatic carbocycles. The van der Waals surface area contributed by atoms with Gasteiger partial charge in [0, 0.05) is 25.7 Å². The first-order valence-electron chi connectivity index (χ1n) is 38.0. The molecular formula is C73H142O17P2. The van der Waals surface area contributed by atoms with Crippen molar-refractivity contribution in [1.29, 1.82) is 0 Å². The minimum atomic E-state index is -4.95. The van der Waals surface area contributed by atoms with Gasteiger partial charge in [0.2, 0.25) is 0 Å². The normalized spacial score (nSPS) is 14.1. The molecule has 19 heteroatoms. The van der Waals surface area contributed by atoms with Gasteiger partial charge in [0.15, 0.2) is 12.2 Å². The molecule has 0 aromatic rings. The van der Waals surface area contributed by atoms with Crippen LogP contribution in [0.2, 0.25) is 0 Å². The number of rotatable bonds is 72. The number of esters is 4. The molecule has 17 nitrogen and oxygen atoms in total. The largest absolute Gasteiger partial charge is 0.472 e. The number of phosphoric acid groups is 2. The molecule has 546 valence electrons. The van der Waals surface area contributed by atoms with Crippen LogP contribution in [0.4, 0.5) is 0 Å². The second kappa shape index (κ2) is 65.0. The summed E-state index contributed by atoms with van der Waals surface area (Å²) in [5, 5.41) is 10.6. The third kappa shape index (κ3) is 66.7. The van der Waals surface area contributed by atoms with Gasteiger partial charge in [-0.15, -0.1) is 0 Å². The van der Waals surface area contributed by atoms with Gasteiger partial charge in [0.25, 0.3) is 0 Å². The number of hydrogen-bond donors (Lipinski definition) is 3. The molecule has 0 rings (SSSR count). The van der Waals surface area contributed by atoms with Gasteiger partial charge in [0.1, 0.15) is 19.3 Å². The Balaban J connectivity index is 5.23. The van der Waals surface area contributed by atoms with Crippen LogP contribution in [0, 0.1) is 11.8 Å². The van der Waals surface area contributed by atoms with Crippen molar-refractivity contribution in [3.05, 3.63) is 0 Å². The van der Waals surface area contributed by atoms with E-state index < -0.39 is 97.5 Å². The van der Waals surface area contributed by atoms with Crippen LogP contribution < -0.4 is 0 Å². The average Bonchev–Trinajstić information content (AvgIpc) is 3.25. The van der Waals surface area contributed by atoms with Gasteiger partial charge in [-0.3, -0.25) is 37.3 Å². The molecule has 0 saturated heterocycles. The predicted octanol–water partition coefficient (Wildman–Crippen LogP) is 21.2. The number of hydrogen-bond acceptors (Lipinski definition) is 15. The fourth-order valence-corrected chi connectivity index (χ4v) is 12.7. The molecular weight excluding hydrogens is 1210 g/mol. The maximum atomic E-state index is 13.1. The lowest BCUT2D eigenvalue weighted by molar-refractivity contribution is -0.161. The van der Waals surface area contributed by atoms with E-state index in [1.807, 2.05) is 0 Å². The van der Waals surface area contributed by atoms with Gasteiger partial charge >= 0.3 is 39.5 Å². The van der Waals surface area contributed by atoms with Crippen molar-refractivity contribution in [1.82, 2.24) is 0 Å². The van der Waals surface area contributed by atoms with Gasteiger partial charge < -0.3 is 33.8 Å². The summed E-state index contributed by atoms with van der Waals surface area (Å²) < 4.78 is 68.4. The van der Waals surface area contributed by atoms with E-state index in [2.05, 4.69) is 41.5 Å². The number of carbonyl (C=O) groups excluding carboxylic acids is 4. The van der Waals surface area contributed by atoms with Gasteiger partial charge in [-0.05, 0) is 37.5 Å². The van der Waals surface area contributed by atoms with Crippen molar-refractivity contribution in [2.24, 2.45) is 11.8 Å². The Bertz CT molecular complexity index is 1790. The third-order valence-electron chi connectivity index (χ3n) is 17.0. The SMILES string of the molecule is CCCCCCCCCCCCCCCCC(=O)OC[C@H](COP(=O)(O)OC[C@@H](O)COP(=O)(O)OC[C@@H](COC(=O)CCCCCCCCC(C)C)OC(=O)CCCCCCCCCCCCCC)OC(=O)CCCCCCCCCCCCCCCCC(C)C. The number of ether oxygens (including phenoxy) is 4. The van der Waals surface area contributed by atoms with Crippen molar-refractivity contribution >= 4 is 39.5 Å². The molecule has 0 bridgehead atoms. The van der Waals surface area contributed by atoms with Crippen LogP contribution in [0.5, 0.6) is 0 Å². The van der Waals surface area contributed by atoms with Crippen molar-refractivity contribution in [2.45, 2.75) is 394 Å². The van der Waals surface area contributed by atoms with Gasteiger partial charge in [0.05, 0.1) is 26.4 Å². The average molecular weight is 1350 g/mol. The van der Waals surface area contributed by atoms with E-state index in [1.54, 1.807) is 0 Å². The molecule has 3 N–H and O–H groups in total. The zero-order valence-corrected chi connectivity index (χ0v) is 61.6. The molecule has 0 radical (unpaired) electrons. The number of aliphatic hydroxyl groups is 1. The highest BCUT2D eigenvalue weighted by atomic mass is 31.2. The molecule has 0 heterocycles. The molecule has 2 unspecified atom stereocenters. The predicted molar refractivity (Wildman–Crippen MR) is 372 cm³/mol. The summed E-state index contributed by atoms with van der Waals surface area (Å²) in [6, 6.07) is 0. The van der Waals surface area contributed by atoms with Gasteiger partial charge in [-0.1, -0.05) is 324 Å². The van der Waals surface area contributed by atoms with E-state index in [0.29, 0.717) is 31.6 Å². The lowest BCUT2D eigenvalue weighted by atomic mass is 10.0. The van der Waals surface area contributed by atoms with E-state index in [-0.39, 0.29) is 25.7 Å². The lowest BCUT2D eigenvalue weighted by Crippen LogP contribution is -2.30. The van der Waals surface area contributed by atoms with Crippen molar-refractivity contribution in [3.8, 4) is 0 Å². The smallest absolute Gasteiger partial charge is 0.462 e. The second-order valence-corrected chi connectivity index (χ2v) is 30.2. The Labute approximate surface area is 562 Å². The Morgan fingerprint density at radius 2 is 0.500 bits per heavy atom. The van der Waals surface area contributed by atoms with Crippen LogP contribution in [0.25, 0.3) is 0 Å². The van der Waals surface area contributed by atoms with Gasteiger partial charge in [-0.25, -0.2) is 9.13 Å². The maximum Gasteiger partial charge on any atom is 0.472 e. The van der Waals surface area contributed by atoms with Crippen LogP contribution >= 0.6 is 15.6 Å². The Morgan fingerprint density at radius 3 is 0.739 bits per heavy atom. The van der Waals surface area contributed by atoms with Crippen LogP contribution in [-0.4, -0.2) is 96.7 Å². The molecule has 0 saturated carbocycles. The number of phosphoric ester groups is 2. The molecule has 0 fully saturated rings. The van der Waals surface area contributed by atoms with Crippen LogP contribution in [-0.2, 0) is 65.4 Å². The summed E-state index contributed by atoms with van der Waals surface area (Å²) in [6.07, 6.45) is 51.4. The standard InChI is InChI=1S/C73H142O17P2/c1-7-9-11-13-15-17-19-21-25-29-32-36-43-49-55-70(75)83-61-68(89-73(78)58-52-46-38-34-30-26-23-22-24-27-31-35-41-47-53-65(3)4)63-87-91(79,80)85-59-67(74)60-86-92(81,82)88-64-69(62-84-71(76)56-50-44-40-39-42-48-54-66(5)6)90-72(77)57-51-45-37-33-28-20-18-16-14-12-10-8-2/h65-69,74H,7-64H2,1-6H3,(H,79,80)(H,81,82)/t67-,68-,69-/m1/s1. The lowest BCUT2D eigenvalue weighted by Gasteiger charge is -2.21. The van der Waals surface area contributed by atoms with Crippen molar-refractivity contribution < 1.29 is 80.2 Å². The highest BCUT2D eigenvalue weighted by molar-refractivity contribution is 7.47. The monoisotopic (exact) mass is 1350 g/mol. The Kier molecular flexibility index (Phi) is 63.7. The molecule has 0 aliphatic rings. The first-order valence-corrected chi connectivity index (χ1v) is 41.0. The summed E-state index contributed by atoms with van der Waals surface area (Å²) in [5.74, 6) is -0.645. The molecule has 92 heavy (non-hydrogen) atoms. The summed E-state index contributed by atoms with van der Waals surface area (Å²) in [4.78, 5) is 72.6. The van der Waals surface area contributed by atoms with E-state index in [1.165, 1.54) is 186 Å². The molecule has 0 aliphatic carbocycles. The van der Waals surface area contributed by atoms with Crippen LogP contribution in [0.15, 0.2) is 0 Å². The van der Waals surface area contributed by atoms with E-state index in [4.69, 9.17) is 37.0 Å². The molecule has 0 aliphatic heterocycles. The van der Waals surface area contributed by atoms with Gasteiger partial charge in [-0.2, -0.15) is 0 Å². The van der Waals surface area contributed by atoms with E-state index in [0.717, 1.165) is 102 Å². The number of carbonyl (C=O) groups is 4. The van der Waals surface area contributed by atoms with E-state index in [9.17, 15) is 43.2 Å². The number of unbranched alkanes of at least 4 members (excludes halogenated alkanes) is 42. The third-order valence-corrected chi connectivity index (χ3v) is 18.9. The highest BCUT2D eigenvalue weighted by Gasteiger charge is 2.30. The van der Waals surface area contributed by atoms with Crippen LogP contribution in [0.1, 0.15) is 375 Å². The molecule has 5 atom stereocenters. The zero-order valence-electron chi connectivity index (χ0n) is 59.9. The second-order valence-electron chi connectivity index (χ2n) is 27.3. The topological polar surface area (TPSA) is 237 Å². The zero-order chi connectivity index (χ0) is 67.9. The minimum Gasteiger partial charge on any atom is -0.462 e. The van der Waals surface area contributed by atoms with Crippen LogP contribution in [0.3, 0.4) is 0 Å². The first kappa shape index (κ1) is 90.1. The summed E-state index contributed by atoms with van der Waals surface area (Å²) in [5.41, 5.74) is 0. The highest BCUT2D eigenvalue weighted by Crippen LogP contribution is 2.45. The quantitative estimate of drug-likeness (QED) is 0.0222. The Morgan fingerprint density at radius 1 is 0.293 bits per heavy atom. The summed E-state index contributed by atoms with van der Waals surface area (Å²) in [6.45, 7) is 9.52. The molecule has 0 spiro atoms. The van der Waals surface area contributed by atoms with Crippen molar-refractivity contribution in [2.75, 3.05) is 39.6 Å². The fourth-order valence-electron chi connectivity index (χ4n) is 11.1. The molecule has 0 aromatic heterocycles. The minimum absolute atomic E-state index is 0.106. The maximum absolute atomic E-state index is 13.1. The fraction of sp³-hybridized carbons (Fsp3) is 0.945.